The Kier molecular flexibility index (Phi) is 31.9. The van der Waals surface area contributed by atoms with Crippen LogP contribution in [-0.2, 0) is 40.7 Å². The van der Waals surface area contributed by atoms with E-state index >= 15 is 0 Å². The van der Waals surface area contributed by atoms with Crippen molar-refractivity contribution < 1.29 is 44.1 Å². The summed E-state index contributed by atoms with van der Waals surface area (Å²) in [5, 5.41) is 52.4. The summed E-state index contributed by atoms with van der Waals surface area (Å²) in [7, 11) is 0. The first kappa shape index (κ1) is 92.3. The van der Waals surface area contributed by atoms with Crippen LogP contribution in [0.5, 0.6) is 0 Å². The summed E-state index contributed by atoms with van der Waals surface area (Å²) in [6, 6.07) is 66.5. The van der Waals surface area contributed by atoms with Gasteiger partial charge in [0.1, 0.15) is 22.8 Å². The van der Waals surface area contributed by atoms with E-state index in [1.807, 2.05) is 154 Å². The summed E-state index contributed by atoms with van der Waals surface area (Å²) >= 11 is 20.5. The summed E-state index contributed by atoms with van der Waals surface area (Å²) < 4.78 is 92.6. The molecule has 21 rings (SSSR count). The van der Waals surface area contributed by atoms with Crippen LogP contribution in [-0.4, -0.2) is 104 Å². The van der Waals surface area contributed by atoms with Gasteiger partial charge in [0, 0.05) is 157 Å². The Morgan fingerprint density at radius 3 is 1.00 bits per heavy atom. The number of nitrogens with zero attached hydrogens (tertiary/aromatic N) is 21. The lowest BCUT2D eigenvalue weighted by Gasteiger charge is -2.06. The molecule has 0 spiro atoms. The number of aromatic nitrogens is 21. The first-order valence-electron chi connectivity index (χ1n) is 39.5. The second-order valence-corrected chi connectivity index (χ2v) is 35.9. The minimum absolute atomic E-state index is 0.244. The second-order valence-electron chi connectivity index (χ2n) is 27.7. The van der Waals surface area contributed by atoms with Crippen molar-refractivity contribution in [1.29, 1.82) is 0 Å². The fourth-order valence-electron chi connectivity index (χ4n) is 11.8. The highest BCUT2D eigenvalue weighted by Gasteiger charge is 2.30. The fourth-order valence-corrected chi connectivity index (χ4v) is 17.3. The quantitative estimate of drug-likeness (QED) is 0.0308. The highest BCUT2D eigenvalue weighted by Crippen LogP contribution is 2.35. The standard InChI is InChI=1S/C17H11F3N4OS.C16H11ClN4OS.C16H11IN4OS.C15H13N3OS.C14H10BrN3OS.C14H10FN3OS/c18-17(19,20)13-4-1-11(2-5-13)10-26-16-23-22-15(25-16)12-3-6-14-21-7-8-24(14)9-12;2*17-13-3-1-2-11(8-13)10-23-16-20-19-15(22-16)12-4-5-14-18-6-7-21(14)9-12;1-11-2-4-12(5-3-11)10-20-15-18-17-14(19-15)13-6-8-16-9-7-13;2*15-12-3-1-2-10(8-12)9-20-14-18-17-13(19-14)11-4-6-16-7-5-11/h1-9H,10H2;2*1-9H,10H2;2-9H,10H2,1H3;2*1-8H,9H2. The third-order valence-electron chi connectivity index (χ3n) is 18.3. The molecule has 21 aromatic rings. The van der Waals surface area contributed by atoms with Gasteiger partial charge in [-0.3, -0.25) is 15.0 Å². The van der Waals surface area contributed by atoms with Crippen LogP contribution in [0.1, 0.15) is 44.5 Å². The monoisotopic (exact) mass is 2070 g/mol. The van der Waals surface area contributed by atoms with Gasteiger partial charge in [0.05, 0.1) is 22.3 Å². The number of benzene rings is 6. The summed E-state index contributed by atoms with van der Waals surface area (Å²) in [6.45, 7) is 2.08. The van der Waals surface area contributed by atoms with Gasteiger partial charge in [0.15, 0.2) is 0 Å². The topological polar surface area (TPSA) is 324 Å². The van der Waals surface area contributed by atoms with Crippen LogP contribution >= 0.6 is 121 Å². The van der Waals surface area contributed by atoms with E-state index in [-0.39, 0.29) is 5.82 Å². The van der Waals surface area contributed by atoms with E-state index in [2.05, 4.69) is 197 Å². The number of aryl methyl sites for hydroxylation is 1. The number of pyridine rings is 6. The number of thioether (sulfide) groups is 6. The van der Waals surface area contributed by atoms with E-state index in [9.17, 15) is 17.6 Å². The van der Waals surface area contributed by atoms with Crippen molar-refractivity contribution in [2.24, 2.45) is 0 Å². The molecule has 0 saturated carbocycles. The number of rotatable bonds is 24. The molecule has 0 saturated heterocycles. The first-order chi connectivity index (χ1) is 64.5. The van der Waals surface area contributed by atoms with Crippen molar-refractivity contribution in [3.05, 3.63) is 375 Å². The molecule has 27 nitrogen and oxygen atoms in total. The maximum absolute atomic E-state index is 13.1. The number of halogens is 7. The molecule has 15 heterocycles. The molecule has 132 heavy (non-hydrogen) atoms. The maximum atomic E-state index is 13.1. The van der Waals surface area contributed by atoms with Crippen LogP contribution in [0, 0.1) is 16.3 Å². The van der Waals surface area contributed by atoms with Crippen LogP contribution in [0.25, 0.3) is 85.7 Å². The maximum Gasteiger partial charge on any atom is 0.416 e. The minimum Gasteiger partial charge on any atom is -0.411 e. The Morgan fingerprint density at radius 2 is 0.652 bits per heavy atom. The van der Waals surface area contributed by atoms with Gasteiger partial charge in [-0.25, -0.2) is 19.3 Å². The molecule has 0 amide bonds. The van der Waals surface area contributed by atoms with Gasteiger partial charge in [-0.15, -0.1) is 61.2 Å². The van der Waals surface area contributed by atoms with Gasteiger partial charge < -0.3 is 39.7 Å². The molecule has 40 heteroatoms. The lowest BCUT2D eigenvalue weighted by atomic mass is 10.1. The first-order valence-corrected chi connectivity index (χ1v) is 47.6. The lowest BCUT2D eigenvalue weighted by molar-refractivity contribution is -0.137. The molecule has 6 aromatic carbocycles. The van der Waals surface area contributed by atoms with Crippen molar-refractivity contribution >= 4 is 138 Å². The molecule has 660 valence electrons. The zero-order valence-electron chi connectivity index (χ0n) is 68.6. The molecule has 15 aromatic heterocycles. The van der Waals surface area contributed by atoms with Gasteiger partial charge in [0.25, 0.3) is 31.3 Å². The molecule has 0 bridgehead atoms. The van der Waals surface area contributed by atoms with E-state index in [0.29, 0.717) is 78.2 Å². The highest BCUT2D eigenvalue weighted by molar-refractivity contribution is 14.1. The van der Waals surface area contributed by atoms with Crippen LogP contribution in [0.2, 0.25) is 5.02 Å². The van der Waals surface area contributed by atoms with Crippen LogP contribution in [0.3, 0.4) is 0 Å². The number of fused-ring (bicyclic) bond motifs is 3. The second kappa shape index (κ2) is 45.7. The molecule has 0 radical (unpaired) electrons. The Balaban J connectivity index is 0.000000116. The number of hydrogen-bond donors (Lipinski definition) is 0. The summed E-state index contributed by atoms with van der Waals surface area (Å²) in [5.74, 6) is 6.78. The van der Waals surface area contributed by atoms with Crippen LogP contribution in [0.4, 0.5) is 17.6 Å². The van der Waals surface area contributed by atoms with E-state index in [1.165, 1.54) is 109 Å². The number of imidazole rings is 3. The predicted octanol–water partition coefficient (Wildman–Crippen LogP) is 24.8. The summed E-state index contributed by atoms with van der Waals surface area (Å²) in [6.07, 6.45) is 22.3. The minimum atomic E-state index is -4.33. The predicted molar refractivity (Wildman–Crippen MR) is 509 cm³/mol. The number of hydrogen-bond acceptors (Lipinski definition) is 30. The van der Waals surface area contributed by atoms with E-state index in [4.69, 9.17) is 38.1 Å². The molecular weight excluding hydrogens is 2010 g/mol. The zero-order valence-corrected chi connectivity index (χ0v) is 78.0. The smallest absolute Gasteiger partial charge is 0.411 e. The van der Waals surface area contributed by atoms with Crippen LogP contribution in [0.15, 0.2) is 374 Å². The Bertz CT molecular complexity index is 6990. The third kappa shape index (κ3) is 26.9. The summed E-state index contributed by atoms with van der Waals surface area (Å²) in [5.41, 5.74) is 14.7. The van der Waals surface area contributed by atoms with Crippen molar-refractivity contribution in [2.45, 2.75) is 79.0 Å². The van der Waals surface area contributed by atoms with Gasteiger partial charge in [0.2, 0.25) is 35.3 Å². The average molecular weight is 2070 g/mol. The van der Waals surface area contributed by atoms with Crippen LogP contribution < -0.4 is 0 Å². The molecule has 0 N–H and O–H groups in total. The van der Waals surface area contributed by atoms with Crippen molar-refractivity contribution in [2.75, 3.05) is 0 Å². The van der Waals surface area contributed by atoms with E-state index in [0.717, 1.165) is 112 Å². The van der Waals surface area contributed by atoms with Gasteiger partial charge in [-0.1, -0.05) is 189 Å². The zero-order chi connectivity index (χ0) is 90.8. The number of alkyl halides is 3. The highest BCUT2D eigenvalue weighted by atomic mass is 127. The molecule has 0 fully saturated rings. The Morgan fingerprint density at radius 1 is 0.333 bits per heavy atom. The fraction of sp³-hybridized carbons (Fsp3) is 0.0870. The lowest BCUT2D eigenvalue weighted by Crippen LogP contribution is -2.04. The van der Waals surface area contributed by atoms with Gasteiger partial charge >= 0.3 is 6.18 Å². The van der Waals surface area contributed by atoms with Gasteiger partial charge in [-0.05, 0) is 196 Å². The molecule has 0 aliphatic rings. The molecule has 0 atom stereocenters. The molecular formula is C92H66BrClF4IN21O6S6. The van der Waals surface area contributed by atoms with E-state index in [1.54, 1.807) is 85.7 Å². The van der Waals surface area contributed by atoms with Crippen molar-refractivity contribution in [3.63, 3.8) is 0 Å². The third-order valence-corrected chi connectivity index (χ3v) is 25.0. The molecule has 0 aliphatic heterocycles. The Labute approximate surface area is 801 Å². The largest absolute Gasteiger partial charge is 0.416 e. The molecule has 0 aliphatic carbocycles. The SMILES string of the molecule is Brc1cccc(CSc2nnc(-c3ccncc3)o2)c1.Cc1ccc(CSc2nnc(-c3ccncc3)o2)cc1.Clc1cccc(CSc2nnc(-c3ccc4nccn4c3)o2)c1.FC(F)(F)c1ccc(CSc2nnc(-c3ccc4nccn4c3)o2)cc1.Fc1cccc(CSc2nnc(-c3ccncc3)o2)c1.Ic1cccc(CSc2nnc(-c3ccc4nccn4c3)o2)c1. The van der Waals surface area contributed by atoms with E-state index < -0.39 is 11.7 Å². The molecule has 0 unspecified atom stereocenters. The summed E-state index contributed by atoms with van der Waals surface area (Å²) in [4.78, 5) is 24.5. The Hall–Kier alpha value is -13.0. The van der Waals surface area contributed by atoms with Gasteiger partial charge in [-0.2, -0.15) is 13.2 Å². The van der Waals surface area contributed by atoms with Crippen molar-refractivity contribution in [3.8, 4) is 68.7 Å². The normalized spacial score (nSPS) is 11.1. The van der Waals surface area contributed by atoms with Crippen molar-refractivity contribution in [1.82, 2.24) is 104 Å². The average Bonchev–Trinajstić information content (AvgIpc) is 1.70.